The Kier molecular flexibility index (Phi) is 2.78. The molecule has 1 aliphatic rings. The predicted octanol–water partition coefficient (Wildman–Crippen LogP) is 2.67. The maximum absolute atomic E-state index is 9.89. The molecule has 2 aromatic heterocycles. The van der Waals surface area contributed by atoms with Crippen molar-refractivity contribution in [3.05, 3.63) is 36.4 Å². The Labute approximate surface area is 119 Å². The second-order valence-corrected chi connectivity index (χ2v) is 5.89. The first kappa shape index (κ1) is 12.0. The van der Waals surface area contributed by atoms with E-state index >= 15 is 0 Å². The average Bonchev–Trinajstić information content (AvgIpc) is 3.15. The lowest BCUT2D eigenvalue weighted by atomic mass is 10.1. The number of benzene rings is 1. The number of rotatable bonds is 2. The van der Waals surface area contributed by atoms with Crippen LogP contribution in [0.25, 0.3) is 22.4 Å². The number of furan rings is 1. The number of thioether (sulfide) groups is 1. The predicted molar refractivity (Wildman–Crippen MR) is 75.6 cm³/mol. The number of aliphatic hydroxyl groups excluding tert-OH is 1. The first-order valence-corrected chi connectivity index (χ1v) is 7.54. The monoisotopic (exact) mass is 288 g/mol. The number of fused-ring (bicyclic) bond motifs is 1. The van der Waals surface area contributed by atoms with Crippen LogP contribution in [0.15, 0.2) is 39.5 Å². The number of para-hydroxylation sites is 1. The fourth-order valence-electron chi connectivity index (χ4n) is 2.43. The van der Waals surface area contributed by atoms with Gasteiger partial charge in [0, 0.05) is 16.9 Å². The Balaban J connectivity index is 1.74. The zero-order valence-corrected chi connectivity index (χ0v) is 11.3. The first-order chi connectivity index (χ1) is 9.83. The van der Waals surface area contributed by atoms with Crippen LogP contribution in [0.4, 0.5) is 0 Å². The fourth-order valence-corrected chi connectivity index (χ4v) is 3.65. The highest BCUT2D eigenvalue weighted by Gasteiger charge is 2.32. The van der Waals surface area contributed by atoms with Gasteiger partial charge in [0.15, 0.2) is 0 Å². The van der Waals surface area contributed by atoms with Gasteiger partial charge in [-0.25, -0.2) is 0 Å². The molecular formula is C14H12N2O3S. The zero-order chi connectivity index (χ0) is 13.5. The third kappa shape index (κ3) is 1.83. The Bertz CT molecular complexity index is 752. The lowest BCUT2D eigenvalue weighted by molar-refractivity contribution is 0.164. The minimum Gasteiger partial charge on any atom is -0.464 e. The number of aromatic nitrogens is 2. The second kappa shape index (κ2) is 4.64. The van der Waals surface area contributed by atoms with E-state index in [2.05, 4.69) is 10.1 Å². The molecule has 102 valence electrons. The van der Waals surface area contributed by atoms with Crippen LogP contribution < -0.4 is 0 Å². The summed E-state index contributed by atoms with van der Waals surface area (Å²) in [5.41, 5.74) is 1.61. The van der Waals surface area contributed by atoms with Crippen LogP contribution in [-0.2, 0) is 0 Å². The molecule has 1 aromatic carbocycles. The van der Waals surface area contributed by atoms with Gasteiger partial charge in [0.25, 0.3) is 0 Å². The van der Waals surface area contributed by atoms with E-state index in [4.69, 9.17) is 8.94 Å². The molecule has 1 saturated heterocycles. The molecule has 2 atom stereocenters. The third-order valence-corrected chi connectivity index (χ3v) is 4.70. The van der Waals surface area contributed by atoms with E-state index in [0.29, 0.717) is 11.7 Å². The van der Waals surface area contributed by atoms with Crippen molar-refractivity contribution in [1.29, 1.82) is 0 Å². The number of hydrogen-bond donors (Lipinski definition) is 1. The highest BCUT2D eigenvalue weighted by molar-refractivity contribution is 7.99. The molecule has 3 aromatic rings. The maximum Gasteiger partial charge on any atom is 0.233 e. The molecule has 20 heavy (non-hydrogen) atoms. The van der Waals surface area contributed by atoms with Crippen molar-refractivity contribution in [2.75, 3.05) is 11.5 Å². The summed E-state index contributed by atoms with van der Waals surface area (Å²) >= 11 is 1.70. The highest BCUT2D eigenvalue weighted by atomic mass is 32.2. The van der Waals surface area contributed by atoms with Gasteiger partial charge in [-0.2, -0.15) is 16.7 Å². The van der Waals surface area contributed by atoms with Gasteiger partial charge in [-0.15, -0.1) is 0 Å². The highest BCUT2D eigenvalue weighted by Crippen LogP contribution is 2.34. The minimum absolute atomic E-state index is 0.0700. The summed E-state index contributed by atoms with van der Waals surface area (Å²) in [5.74, 6) is 2.47. The van der Waals surface area contributed by atoms with Gasteiger partial charge in [-0.05, 0) is 6.07 Å². The van der Waals surface area contributed by atoms with Gasteiger partial charge in [0.1, 0.15) is 11.8 Å². The van der Waals surface area contributed by atoms with Crippen LogP contribution in [-0.4, -0.2) is 32.9 Å². The van der Waals surface area contributed by atoms with Crippen molar-refractivity contribution in [1.82, 2.24) is 10.1 Å². The van der Waals surface area contributed by atoms with Crippen molar-refractivity contribution >= 4 is 22.7 Å². The van der Waals surface area contributed by atoms with E-state index in [1.165, 1.54) is 0 Å². The van der Waals surface area contributed by atoms with Crippen molar-refractivity contribution in [2.24, 2.45) is 0 Å². The molecule has 2 unspecified atom stereocenters. The van der Waals surface area contributed by atoms with Crippen LogP contribution in [0.1, 0.15) is 11.8 Å². The molecule has 6 heteroatoms. The first-order valence-electron chi connectivity index (χ1n) is 6.39. The average molecular weight is 288 g/mol. The summed E-state index contributed by atoms with van der Waals surface area (Å²) in [4.78, 5) is 4.42. The van der Waals surface area contributed by atoms with Crippen LogP contribution >= 0.6 is 11.8 Å². The van der Waals surface area contributed by atoms with Crippen molar-refractivity contribution in [3.63, 3.8) is 0 Å². The molecule has 5 nitrogen and oxygen atoms in total. The Morgan fingerprint density at radius 1 is 1.25 bits per heavy atom. The molecule has 0 radical (unpaired) electrons. The smallest absolute Gasteiger partial charge is 0.233 e. The van der Waals surface area contributed by atoms with Crippen molar-refractivity contribution in [3.8, 4) is 11.4 Å². The quantitative estimate of drug-likeness (QED) is 0.781. The fraction of sp³-hybridized carbons (Fsp3) is 0.286. The Morgan fingerprint density at radius 2 is 2.15 bits per heavy atom. The SMILES string of the molecule is OC1CSCC1c1nc(-c2coc3ccccc23)no1. The van der Waals surface area contributed by atoms with Crippen LogP contribution in [0.2, 0.25) is 0 Å². The summed E-state index contributed by atoms with van der Waals surface area (Å²) in [7, 11) is 0. The summed E-state index contributed by atoms with van der Waals surface area (Å²) in [5, 5.41) is 14.9. The molecule has 0 saturated carbocycles. The Hall–Kier alpha value is -1.79. The van der Waals surface area contributed by atoms with Crippen molar-refractivity contribution in [2.45, 2.75) is 12.0 Å². The normalized spacial score (nSPS) is 22.6. The third-order valence-electron chi connectivity index (χ3n) is 3.53. The summed E-state index contributed by atoms with van der Waals surface area (Å²) in [6.07, 6.45) is 1.23. The van der Waals surface area contributed by atoms with Gasteiger partial charge < -0.3 is 14.0 Å². The zero-order valence-electron chi connectivity index (χ0n) is 10.5. The van der Waals surface area contributed by atoms with E-state index in [-0.39, 0.29) is 5.92 Å². The molecule has 0 amide bonds. The topological polar surface area (TPSA) is 72.3 Å². The maximum atomic E-state index is 9.89. The number of hydrogen-bond acceptors (Lipinski definition) is 6. The molecule has 1 N–H and O–H groups in total. The lowest BCUT2D eigenvalue weighted by Gasteiger charge is -2.06. The summed E-state index contributed by atoms with van der Waals surface area (Å²) < 4.78 is 10.8. The summed E-state index contributed by atoms with van der Waals surface area (Å²) in [6, 6.07) is 7.73. The van der Waals surface area contributed by atoms with Crippen LogP contribution in [0.5, 0.6) is 0 Å². The molecule has 0 spiro atoms. The molecule has 0 aliphatic carbocycles. The van der Waals surface area contributed by atoms with Crippen LogP contribution in [0, 0.1) is 0 Å². The number of nitrogens with zero attached hydrogens (tertiary/aromatic N) is 2. The van der Waals surface area contributed by atoms with E-state index in [0.717, 1.165) is 28.0 Å². The number of aliphatic hydroxyl groups is 1. The van der Waals surface area contributed by atoms with E-state index < -0.39 is 6.10 Å². The summed E-state index contributed by atoms with van der Waals surface area (Å²) in [6.45, 7) is 0. The van der Waals surface area contributed by atoms with Crippen molar-refractivity contribution < 1.29 is 14.0 Å². The van der Waals surface area contributed by atoms with Gasteiger partial charge in [-0.1, -0.05) is 23.4 Å². The van der Waals surface area contributed by atoms with E-state index in [9.17, 15) is 5.11 Å². The molecule has 4 rings (SSSR count). The standard InChI is InChI=1S/C14H12N2O3S/c17-11-7-20-6-10(11)14-15-13(16-19-14)9-5-18-12-4-2-1-3-8(9)12/h1-5,10-11,17H,6-7H2. The molecule has 1 fully saturated rings. The molecule has 1 aliphatic heterocycles. The Morgan fingerprint density at radius 3 is 3.00 bits per heavy atom. The van der Waals surface area contributed by atoms with Gasteiger partial charge in [-0.3, -0.25) is 0 Å². The van der Waals surface area contributed by atoms with E-state index in [1.54, 1.807) is 18.0 Å². The van der Waals surface area contributed by atoms with E-state index in [1.807, 2.05) is 24.3 Å². The molecule has 0 bridgehead atoms. The molecule has 3 heterocycles. The van der Waals surface area contributed by atoms with Gasteiger partial charge in [0.05, 0.1) is 17.6 Å². The van der Waals surface area contributed by atoms with Gasteiger partial charge >= 0.3 is 0 Å². The van der Waals surface area contributed by atoms with Gasteiger partial charge in [0.2, 0.25) is 11.7 Å². The minimum atomic E-state index is -0.408. The second-order valence-electron chi connectivity index (χ2n) is 4.81. The van der Waals surface area contributed by atoms with Crippen LogP contribution in [0.3, 0.4) is 0 Å². The lowest BCUT2D eigenvalue weighted by Crippen LogP contribution is -2.15. The largest absolute Gasteiger partial charge is 0.464 e. The molecular weight excluding hydrogens is 276 g/mol.